The van der Waals surface area contributed by atoms with E-state index in [-0.39, 0.29) is 16.6 Å². The molecular weight excluding hydrogens is 489 g/mol. The number of benzene rings is 2. The molecule has 8 heteroatoms. The predicted octanol–water partition coefficient (Wildman–Crippen LogP) is 5.37. The van der Waals surface area contributed by atoms with Crippen LogP contribution >= 0.6 is 0 Å². The van der Waals surface area contributed by atoms with Gasteiger partial charge in [0, 0.05) is 32.2 Å². The van der Waals surface area contributed by atoms with E-state index in [1.54, 1.807) is 35.7 Å². The minimum atomic E-state index is -3.65. The lowest BCUT2D eigenvalue weighted by molar-refractivity contribution is 0.122. The summed E-state index contributed by atoms with van der Waals surface area (Å²) >= 11 is 0. The second kappa shape index (κ2) is 9.49. The average molecular weight is 524 g/mol. The average Bonchev–Trinajstić information content (AvgIpc) is 3.28. The SMILES string of the molecule is COCCC12Cc3cnn(-c4ccc(F)cc4)c3C=C1CCN(S(=O)(=O)c1ccc(C(C)(C)C)cc1)C2. The molecule has 1 aromatic heterocycles. The van der Waals surface area contributed by atoms with Gasteiger partial charge in [-0.05, 0) is 78.3 Å². The molecule has 2 aromatic carbocycles. The fraction of sp³-hybridized carbons (Fsp3) is 0.414. The zero-order chi connectivity index (χ0) is 26.4. The number of hydrogen-bond donors (Lipinski definition) is 0. The molecule has 0 radical (unpaired) electrons. The summed E-state index contributed by atoms with van der Waals surface area (Å²) in [6.45, 7) is 7.70. The first-order valence-electron chi connectivity index (χ1n) is 12.7. The van der Waals surface area contributed by atoms with Crippen LogP contribution in [0.5, 0.6) is 0 Å². The number of nitrogens with zero attached hydrogens (tertiary/aromatic N) is 3. The molecule has 6 nitrogen and oxygen atoms in total. The van der Waals surface area contributed by atoms with Crippen LogP contribution in [-0.4, -0.2) is 49.3 Å². The number of ether oxygens (including phenoxy) is 1. The van der Waals surface area contributed by atoms with Crippen LogP contribution in [0.3, 0.4) is 0 Å². The Bertz CT molecular complexity index is 1420. The van der Waals surface area contributed by atoms with Gasteiger partial charge in [0.05, 0.1) is 22.5 Å². The van der Waals surface area contributed by atoms with Gasteiger partial charge in [-0.2, -0.15) is 9.40 Å². The van der Waals surface area contributed by atoms with Gasteiger partial charge in [-0.3, -0.25) is 0 Å². The molecule has 0 saturated carbocycles. The van der Waals surface area contributed by atoms with Crippen molar-refractivity contribution in [3.8, 4) is 5.69 Å². The van der Waals surface area contributed by atoms with Crippen molar-refractivity contribution in [2.75, 3.05) is 26.8 Å². The maximum absolute atomic E-state index is 13.7. The van der Waals surface area contributed by atoms with Crippen molar-refractivity contribution in [2.45, 2.75) is 50.3 Å². The minimum Gasteiger partial charge on any atom is -0.385 e. The molecule has 1 atom stereocenters. The van der Waals surface area contributed by atoms with Gasteiger partial charge >= 0.3 is 0 Å². The van der Waals surface area contributed by atoms with E-state index in [0.717, 1.165) is 22.5 Å². The summed E-state index contributed by atoms with van der Waals surface area (Å²) < 4.78 is 49.9. The molecule has 1 aliphatic heterocycles. The Kier molecular flexibility index (Phi) is 6.63. The molecule has 37 heavy (non-hydrogen) atoms. The first kappa shape index (κ1) is 25.8. The molecule has 0 N–H and O–H groups in total. The first-order valence-corrected chi connectivity index (χ1v) is 14.1. The highest BCUT2D eigenvalue weighted by Gasteiger charge is 2.45. The molecule has 5 rings (SSSR count). The molecule has 1 fully saturated rings. The summed E-state index contributed by atoms with van der Waals surface area (Å²) in [7, 11) is -1.97. The van der Waals surface area contributed by atoms with Crippen LogP contribution in [-0.2, 0) is 26.6 Å². The molecule has 2 aliphatic rings. The highest BCUT2D eigenvalue weighted by atomic mass is 32.2. The summed E-state index contributed by atoms with van der Waals surface area (Å²) in [6.07, 6.45) is 6.03. The third-order valence-corrected chi connectivity index (χ3v) is 9.59. The van der Waals surface area contributed by atoms with E-state index in [4.69, 9.17) is 4.74 Å². The lowest BCUT2D eigenvalue weighted by atomic mass is 9.67. The molecule has 196 valence electrons. The Morgan fingerprint density at radius 1 is 1.08 bits per heavy atom. The minimum absolute atomic E-state index is 0.0461. The fourth-order valence-corrected chi connectivity index (χ4v) is 7.06. The second-order valence-electron chi connectivity index (χ2n) is 11.2. The normalized spacial score (nSPS) is 20.3. The fourth-order valence-electron chi connectivity index (χ4n) is 5.53. The number of fused-ring (bicyclic) bond motifs is 2. The lowest BCUT2D eigenvalue weighted by Crippen LogP contribution is -2.49. The van der Waals surface area contributed by atoms with E-state index in [2.05, 4.69) is 31.9 Å². The van der Waals surface area contributed by atoms with Crippen molar-refractivity contribution < 1.29 is 17.5 Å². The summed E-state index contributed by atoms with van der Waals surface area (Å²) in [6, 6.07) is 13.6. The zero-order valence-electron chi connectivity index (χ0n) is 21.9. The number of hydrogen-bond acceptors (Lipinski definition) is 4. The van der Waals surface area contributed by atoms with Crippen LogP contribution in [0.15, 0.2) is 65.2 Å². The van der Waals surface area contributed by atoms with Crippen molar-refractivity contribution in [2.24, 2.45) is 5.41 Å². The van der Waals surface area contributed by atoms with E-state index in [0.29, 0.717) is 43.9 Å². The third-order valence-electron chi connectivity index (χ3n) is 7.73. The summed E-state index contributed by atoms with van der Waals surface area (Å²) in [5.74, 6) is -0.289. The Morgan fingerprint density at radius 2 is 1.78 bits per heavy atom. The maximum Gasteiger partial charge on any atom is 0.243 e. The van der Waals surface area contributed by atoms with Gasteiger partial charge in [-0.1, -0.05) is 38.5 Å². The topological polar surface area (TPSA) is 64.4 Å². The van der Waals surface area contributed by atoms with Crippen LogP contribution < -0.4 is 0 Å². The summed E-state index contributed by atoms with van der Waals surface area (Å²) in [5.41, 5.74) is 4.73. The largest absolute Gasteiger partial charge is 0.385 e. The van der Waals surface area contributed by atoms with E-state index in [1.807, 2.05) is 23.0 Å². The molecule has 3 aromatic rings. The first-order chi connectivity index (χ1) is 17.5. The molecule has 0 bridgehead atoms. The number of piperidine rings is 1. The van der Waals surface area contributed by atoms with Crippen LogP contribution in [0.2, 0.25) is 0 Å². The monoisotopic (exact) mass is 523 g/mol. The highest BCUT2D eigenvalue weighted by Crippen LogP contribution is 2.47. The molecule has 2 heterocycles. The number of rotatable bonds is 6. The van der Waals surface area contributed by atoms with Gasteiger partial charge in [0.25, 0.3) is 0 Å². The van der Waals surface area contributed by atoms with Crippen LogP contribution in [0.4, 0.5) is 4.39 Å². The van der Waals surface area contributed by atoms with Gasteiger partial charge < -0.3 is 4.74 Å². The van der Waals surface area contributed by atoms with E-state index < -0.39 is 10.0 Å². The van der Waals surface area contributed by atoms with Gasteiger partial charge in [0.2, 0.25) is 10.0 Å². The maximum atomic E-state index is 13.7. The Balaban J connectivity index is 1.47. The number of sulfonamides is 1. The Morgan fingerprint density at radius 3 is 2.43 bits per heavy atom. The van der Waals surface area contributed by atoms with Crippen molar-refractivity contribution in [3.05, 3.63) is 82.9 Å². The second-order valence-corrected chi connectivity index (χ2v) is 13.1. The van der Waals surface area contributed by atoms with Gasteiger partial charge in [-0.15, -0.1) is 0 Å². The predicted molar refractivity (Wildman–Crippen MR) is 143 cm³/mol. The van der Waals surface area contributed by atoms with Gasteiger partial charge in [-0.25, -0.2) is 17.5 Å². The standard InChI is InChI=1S/C29H34FN3O3S/c1-28(2,3)22-5-11-26(12-6-22)37(34,35)32-15-13-23-17-27-21(18-29(23,20-32)14-16-36-4)19-31-33(27)25-9-7-24(30)8-10-25/h5-12,17,19H,13-16,18,20H2,1-4H3. The smallest absolute Gasteiger partial charge is 0.243 e. The molecule has 0 amide bonds. The molecule has 1 unspecified atom stereocenters. The number of methoxy groups -OCH3 is 1. The van der Waals surface area contributed by atoms with Crippen molar-refractivity contribution >= 4 is 16.1 Å². The quantitative estimate of drug-likeness (QED) is 0.436. The summed E-state index contributed by atoms with van der Waals surface area (Å²) in [5, 5.41) is 4.60. The van der Waals surface area contributed by atoms with Crippen LogP contribution in [0, 0.1) is 11.2 Å². The number of aromatic nitrogens is 2. The van der Waals surface area contributed by atoms with Crippen molar-refractivity contribution in [1.82, 2.24) is 14.1 Å². The molecule has 1 saturated heterocycles. The summed E-state index contributed by atoms with van der Waals surface area (Å²) in [4.78, 5) is 0.329. The third kappa shape index (κ3) is 4.78. The molecular formula is C29H34FN3O3S. The van der Waals surface area contributed by atoms with E-state index in [1.165, 1.54) is 17.7 Å². The van der Waals surface area contributed by atoms with Crippen molar-refractivity contribution in [1.29, 1.82) is 0 Å². The van der Waals surface area contributed by atoms with E-state index in [9.17, 15) is 12.8 Å². The van der Waals surface area contributed by atoms with Gasteiger partial charge in [0.1, 0.15) is 5.82 Å². The Labute approximate surface area is 218 Å². The highest BCUT2D eigenvalue weighted by molar-refractivity contribution is 7.89. The van der Waals surface area contributed by atoms with Crippen molar-refractivity contribution in [3.63, 3.8) is 0 Å². The zero-order valence-corrected chi connectivity index (χ0v) is 22.7. The lowest BCUT2D eigenvalue weighted by Gasteiger charge is -2.46. The van der Waals surface area contributed by atoms with Gasteiger partial charge in [0.15, 0.2) is 0 Å². The Hall–Kier alpha value is -2.81. The number of halogens is 1. The van der Waals surface area contributed by atoms with E-state index >= 15 is 0 Å². The van der Waals surface area contributed by atoms with Crippen LogP contribution in [0.1, 0.15) is 50.4 Å². The van der Waals surface area contributed by atoms with Crippen LogP contribution in [0.25, 0.3) is 11.8 Å². The molecule has 0 spiro atoms. The molecule has 1 aliphatic carbocycles.